The van der Waals surface area contributed by atoms with Crippen LogP contribution in [-0.2, 0) is 4.74 Å². The summed E-state index contributed by atoms with van der Waals surface area (Å²) in [6.45, 7) is 10.7. The van der Waals surface area contributed by atoms with E-state index in [0.29, 0.717) is 12.6 Å². The van der Waals surface area contributed by atoms with E-state index in [1.54, 1.807) is 6.08 Å². The van der Waals surface area contributed by atoms with Crippen molar-refractivity contribution < 1.29 is 4.74 Å². The molecule has 0 unspecified atom stereocenters. The van der Waals surface area contributed by atoms with E-state index in [2.05, 4.69) is 25.7 Å². The van der Waals surface area contributed by atoms with Crippen LogP contribution < -0.4 is 5.32 Å². The molecular weight excluding hydrogens is 174 g/mol. The second kappa shape index (κ2) is 10.7. The van der Waals surface area contributed by atoms with Crippen LogP contribution in [0.5, 0.6) is 0 Å². The molecule has 0 saturated heterocycles. The van der Waals surface area contributed by atoms with Gasteiger partial charge in [0.2, 0.25) is 0 Å². The fourth-order valence-electron chi connectivity index (χ4n) is 1.24. The highest BCUT2D eigenvalue weighted by Crippen LogP contribution is 1.99. The summed E-state index contributed by atoms with van der Waals surface area (Å²) in [5, 5.41) is 3.41. The summed E-state index contributed by atoms with van der Waals surface area (Å²) in [6, 6.07) is 0.617. The molecule has 0 atom stereocenters. The van der Waals surface area contributed by atoms with Gasteiger partial charge in [0.15, 0.2) is 0 Å². The molecule has 0 fully saturated rings. The monoisotopic (exact) mass is 199 g/mol. The van der Waals surface area contributed by atoms with Crippen LogP contribution in [0.4, 0.5) is 0 Å². The Bertz CT molecular complexity index is 123. The fraction of sp³-hybridized carbons (Fsp3) is 0.833. The van der Waals surface area contributed by atoms with Crippen LogP contribution in [0.25, 0.3) is 0 Å². The number of nitrogens with one attached hydrogen (secondary N) is 1. The number of ether oxygens (including phenoxy) is 1. The van der Waals surface area contributed by atoms with Crippen LogP contribution >= 0.6 is 0 Å². The first kappa shape index (κ1) is 13.7. The van der Waals surface area contributed by atoms with E-state index in [1.807, 2.05) is 0 Å². The molecule has 0 radical (unpaired) electrons. The molecule has 0 rings (SSSR count). The number of hydrogen-bond acceptors (Lipinski definition) is 2. The Labute approximate surface area is 88.7 Å². The van der Waals surface area contributed by atoms with Gasteiger partial charge in [0, 0.05) is 12.6 Å². The van der Waals surface area contributed by atoms with Crippen LogP contribution in [0.1, 0.15) is 39.5 Å². The van der Waals surface area contributed by atoms with E-state index in [1.165, 1.54) is 25.7 Å². The summed E-state index contributed by atoms with van der Waals surface area (Å²) in [4.78, 5) is 0. The first-order chi connectivity index (χ1) is 6.77. The molecule has 0 saturated carbocycles. The zero-order valence-corrected chi connectivity index (χ0v) is 9.72. The van der Waals surface area contributed by atoms with Crippen molar-refractivity contribution in [2.75, 3.05) is 19.8 Å². The van der Waals surface area contributed by atoms with Gasteiger partial charge in [0.1, 0.15) is 0 Å². The third kappa shape index (κ3) is 11.7. The minimum atomic E-state index is 0.617. The van der Waals surface area contributed by atoms with Crippen LogP contribution in [0.2, 0.25) is 0 Å². The lowest BCUT2D eigenvalue weighted by atomic mass is 10.2. The first-order valence-electron chi connectivity index (χ1n) is 5.69. The molecule has 0 heterocycles. The van der Waals surface area contributed by atoms with Crippen LogP contribution in [0.15, 0.2) is 12.7 Å². The SMILES string of the molecule is C=CCOCCCCCCNC(C)C. The second-order valence-electron chi connectivity index (χ2n) is 3.89. The molecule has 0 aliphatic carbocycles. The Balaban J connectivity index is 2.88. The number of unbranched alkanes of at least 4 members (excludes halogenated alkanes) is 3. The van der Waals surface area contributed by atoms with Crippen molar-refractivity contribution >= 4 is 0 Å². The lowest BCUT2D eigenvalue weighted by molar-refractivity contribution is 0.157. The van der Waals surface area contributed by atoms with Gasteiger partial charge in [-0.25, -0.2) is 0 Å². The number of hydrogen-bond donors (Lipinski definition) is 1. The molecule has 0 aliphatic heterocycles. The largest absolute Gasteiger partial charge is 0.377 e. The van der Waals surface area contributed by atoms with E-state index in [0.717, 1.165) is 13.2 Å². The average molecular weight is 199 g/mol. The molecule has 1 N–H and O–H groups in total. The molecular formula is C12H25NO. The van der Waals surface area contributed by atoms with Gasteiger partial charge in [0.25, 0.3) is 0 Å². The smallest absolute Gasteiger partial charge is 0.0644 e. The number of rotatable bonds is 10. The summed E-state index contributed by atoms with van der Waals surface area (Å²) in [6.07, 6.45) is 6.83. The molecule has 2 heteroatoms. The summed E-state index contributed by atoms with van der Waals surface area (Å²) in [5.41, 5.74) is 0. The fourth-order valence-corrected chi connectivity index (χ4v) is 1.24. The van der Waals surface area contributed by atoms with Crippen LogP contribution in [0.3, 0.4) is 0 Å². The normalized spacial score (nSPS) is 10.8. The van der Waals surface area contributed by atoms with Crippen molar-refractivity contribution in [1.82, 2.24) is 5.32 Å². The Morgan fingerprint density at radius 2 is 1.93 bits per heavy atom. The topological polar surface area (TPSA) is 21.3 Å². The standard InChI is InChI=1S/C12H25NO/c1-4-10-14-11-8-6-5-7-9-13-12(2)3/h4,12-13H,1,5-11H2,2-3H3. The van der Waals surface area contributed by atoms with E-state index < -0.39 is 0 Å². The average Bonchev–Trinajstić information content (AvgIpc) is 2.15. The minimum Gasteiger partial charge on any atom is -0.377 e. The summed E-state index contributed by atoms with van der Waals surface area (Å²) in [5.74, 6) is 0. The van der Waals surface area contributed by atoms with Crippen molar-refractivity contribution in [3.63, 3.8) is 0 Å². The predicted octanol–water partition coefficient (Wildman–Crippen LogP) is 2.75. The highest BCUT2D eigenvalue weighted by Gasteiger charge is 1.92. The Kier molecular flexibility index (Phi) is 10.5. The predicted molar refractivity (Wildman–Crippen MR) is 62.6 cm³/mol. The molecule has 0 aromatic heterocycles. The molecule has 0 bridgehead atoms. The van der Waals surface area contributed by atoms with Gasteiger partial charge in [0.05, 0.1) is 6.61 Å². The van der Waals surface area contributed by atoms with Crippen molar-refractivity contribution in [3.8, 4) is 0 Å². The lowest BCUT2D eigenvalue weighted by Gasteiger charge is -2.07. The van der Waals surface area contributed by atoms with Crippen molar-refractivity contribution in [1.29, 1.82) is 0 Å². The van der Waals surface area contributed by atoms with Crippen molar-refractivity contribution in [2.45, 2.75) is 45.6 Å². The molecule has 84 valence electrons. The highest BCUT2D eigenvalue weighted by molar-refractivity contribution is 4.63. The third-order valence-electron chi connectivity index (χ3n) is 2.00. The van der Waals surface area contributed by atoms with E-state index in [-0.39, 0.29) is 0 Å². The molecule has 0 aliphatic rings. The van der Waals surface area contributed by atoms with Gasteiger partial charge in [-0.1, -0.05) is 32.8 Å². The molecule has 0 aromatic carbocycles. The third-order valence-corrected chi connectivity index (χ3v) is 2.00. The maximum Gasteiger partial charge on any atom is 0.0644 e. The Morgan fingerprint density at radius 1 is 1.21 bits per heavy atom. The van der Waals surface area contributed by atoms with Gasteiger partial charge in [-0.3, -0.25) is 0 Å². The Morgan fingerprint density at radius 3 is 2.57 bits per heavy atom. The van der Waals surface area contributed by atoms with E-state index in [9.17, 15) is 0 Å². The maximum absolute atomic E-state index is 5.29. The zero-order valence-electron chi connectivity index (χ0n) is 9.72. The molecule has 2 nitrogen and oxygen atoms in total. The molecule has 0 aromatic rings. The maximum atomic E-state index is 5.29. The van der Waals surface area contributed by atoms with E-state index >= 15 is 0 Å². The highest BCUT2D eigenvalue weighted by atomic mass is 16.5. The molecule has 0 spiro atoms. The Hall–Kier alpha value is -0.340. The van der Waals surface area contributed by atoms with Crippen LogP contribution in [0, 0.1) is 0 Å². The first-order valence-corrected chi connectivity index (χ1v) is 5.69. The van der Waals surface area contributed by atoms with Crippen molar-refractivity contribution in [2.24, 2.45) is 0 Å². The summed E-state index contributed by atoms with van der Waals surface area (Å²) >= 11 is 0. The van der Waals surface area contributed by atoms with Gasteiger partial charge in [-0.2, -0.15) is 0 Å². The van der Waals surface area contributed by atoms with Gasteiger partial charge >= 0.3 is 0 Å². The molecule has 14 heavy (non-hydrogen) atoms. The molecule has 0 amide bonds. The summed E-state index contributed by atoms with van der Waals surface area (Å²) in [7, 11) is 0. The second-order valence-corrected chi connectivity index (χ2v) is 3.89. The van der Waals surface area contributed by atoms with Crippen LogP contribution in [-0.4, -0.2) is 25.8 Å². The minimum absolute atomic E-state index is 0.617. The van der Waals surface area contributed by atoms with Crippen molar-refractivity contribution in [3.05, 3.63) is 12.7 Å². The van der Waals surface area contributed by atoms with Gasteiger partial charge in [-0.05, 0) is 19.4 Å². The lowest BCUT2D eigenvalue weighted by Crippen LogP contribution is -2.23. The van der Waals surface area contributed by atoms with Gasteiger partial charge < -0.3 is 10.1 Å². The summed E-state index contributed by atoms with van der Waals surface area (Å²) < 4.78 is 5.29. The quantitative estimate of drug-likeness (QED) is 0.431. The van der Waals surface area contributed by atoms with Gasteiger partial charge in [-0.15, -0.1) is 6.58 Å². The zero-order chi connectivity index (χ0) is 10.6. The van der Waals surface area contributed by atoms with E-state index in [4.69, 9.17) is 4.74 Å².